The zero-order chi connectivity index (χ0) is 18.3. The monoisotopic (exact) mass is 352 g/mol. The van der Waals surface area contributed by atoms with E-state index in [0.29, 0.717) is 4.92 Å². The molecule has 8 nitrogen and oxygen atoms in total. The van der Waals surface area contributed by atoms with Crippen LogP contribution in [-0.4, -0.2) is 52.8 Å². The molecule has 0 spiro atoms. The Morgan fingerprint density at radius 2 is 1.96 bits per heavy atom. The van der Waals surface area contributed by atoms with Crippen LogP contribution in [0.5, 0.6) is 5.88 Å². The van der Waals surface area contributed by atoms with Crippen molar-refractivity contribution in [1.29, 1.82) is 0 Å². The highest BCUT2D eigenvalue weighted by Gasteiger charge is 2.30. The molecule has 1 aromatic rings. The summed E-state index contributed by atoms with van der Waals surface area (Å²) in [4.78, 5) is 35.4. The Morgan fingerprint density at radius 1 is 1.24 bits per heavy atom. The molecule has 2 rings (SSSR count). The molecular formula is C17H26N3O5+. The predicted octanol–water partition coefficient (Wildman–Crippen LogP) is 3.22. The fraction of sp³-hybridized carbons (Fsp3) is 0.647. The Balaban J connectivity index is 1.82. The molecule has 1 aliphatic rings. The van der Waals surface area contributed by atoms with Crippen molar-refractivity contribution in [3.8, 4) is 5.88 Å². The molecule has 0 unspecified atom stereocenters. The van der Waals surface area contributed by atoms with Gasteiger partial charge in [-0.25, -0.2) is 14.6 Å². The summed E-state index contributed by atoms with van der Waals surface area (Å²) in [5, 5.41) is 0. The number of nitrogens with zero attached hydrogens (tertiary/aromatic N) is 3. The molecule has 0 atom stereocenters. The lowest BCUT2D eigenvalue weighted by Gasteiger charge is -2.25. The number of amides is 1. The molecule has 0 N–H and O–H groups in total. The van der Waals surface area contributed by atoms with Crippen LogP contribution in [0.3, 0.4) is 0 Å². The van der Waals surface area contributed by atoms with E-state index >= 15 is 0 Å². The topological polar surface area (TPSA) is 81.0 Å². The summed E-state index contributed by atoms with van der Waals surface area (Å²) in [5.74, 6) is 0.135. The van der Waals surface area contributed by atoms with Crippen LogP contribution in [0.4, 0.5) is 10.5 Å². The van der Waals surface area contributed by atoms with Crippen molar-refractivity contribution in [2.45, 2.75) is 45.6 Å². The molecule has 138 valence electrons. The molecule has 2 heterocycles. The molecule has 8 heteroatoms. The number of likely N-dealkylation sites (tertiary alicyclic amines) is 1. The zero-order valence-electron chi connectivity index (χ0n) is 15.1. The lowest BCUT2D eigenvalue weighted by atomic mass is 10.1. The molecule has 0 aromatic carbocycles. The highest BCUT2D eigenvalue weighted by molar-refractivity contribution is 5.67. The van der Waals surface area contributed by atoms with Crippen LogP contribution >= 0.6 is 0 Å². The van der Waals surface area contributed by atoms with Crippen LogP contribution in [0, 0.1) is 4.91 Å². The quantitative estimate of drug-likeness (QED) is 0.577. The number of aromatic nitrogens is 1. The van der Waals surface area contributed by atoms with Gasteiger partial charge in [-0.15, -0.1) is 0 Å². The number of piperidine rings is 1. The van der Waals surface area contributed by atoms with E-state index in [9.17, 15) is 9.70 Å². The normalized spacial score (nSPS) is 14.8. The van der Waals surface area contributed by atoms with E-state index in [2.05, 4.69) is 4.98 Å². The summed E-state index contributed by atoms with van der Waals surface area (Å²) in [5.41, 5.74) is -0.474. The highest BCUT2D eigenvalue weighted by Crippen LogP contribution is 2.25. The lowest BCUT2D eigenvalue weighted by molar-refractivity contribution is -0.766. The minimum absolute atomic E-state index is 0.0876. The lowest BCUT2D eigenvalue weighted by Crippen LogP contribution is -2.36. The van der Waals surface area contributed by atoms with E-state index in [1.54, 1.807) is 37.8 Å². The number of hydrogen-bond donors (Lipinski definition) is 0. The maximum atomic E-state index is 12.1. The van der Waals surface area contributed by atoms with Crippen molar-refractivity contribution >= 4 is 11.8 Å². The Morgan fingerprint density at radius 3 is 2.64 bits per heavy atom. The smallest absolute Gasteiger partial charge is 0.409 e. The van der Waals surface area contributed by atoms with Gasteiger partial charge in [0, 0.05) is 25.4 Å². The Hall–Kier alpha value is -2.38. The van der Waals surface area contributed by atoms with Gasteiger partial charge in [0.25, 0.3) is 10.8 Å². The molecule has 1 saturated heterocycles. The first-order chi connectivity index (χ1) is 11.9. The Kier molecular flexibility index (Phi) is 6.55. The molecule has 0 saturated carbocycles. The third kappa shape index (κ3) is 6.21. The second-order valence-electron chi connectivity index (χ2n) is 6.80. The van der Waals surface area contributed by atoms with Gasteiger partial charge in [-0.1, -0.05) is 0 Å². The third-order valence-electron chi connectivity index (χ3n) is 3.47. The summed E-state index contributed by atoms with van der Waals surface area (Å²) in [7, 11) is 0. The fourth-order valence-corrected chi connectivity index (χ4v) is 2.37. The van der Waals surface area contributed by atoms with Gasteiger partial charge in [0.05, 0.1) is 4.91 Å². The van der Waals surface area contributed by atoms with E-state index in [1.807, 2.05) is 0 Å². The maximum absolute atomic E-state index is 12.1. The van der Waals surface area contributed by atoms with Crippen molar-refractivity contribution in [2.75, 3.05) is 26.3 Å². The van der Waals surface area contributed by atoms with Crippen LogP contribution in [-0.2, 0) is 9.57 Å². The van der Waals surface area contributed by atoms with E-state index < -0.39 is 5.60 Å². The van der Waals surface area contributed by atoms with Crippen molar-refractivity contribution in [1.82, 2.24) is 9.88 Å². The average molecular weight is 352 g/mol. The number of pyridine rings is 1. The van der Waals surface area contributed by atoms with E-state index in [1.165, 1.54) is 6.20 Å². The van der Waals surface area contributed by atoms with Crippen LogP contribution in [0.25, 0.3) is 0 Å². The van der Waals surface area contributed by atoms with Gasteiger partial charge in [-0.2, -0.15) is 0 Å². The summed E-state index contributed by atoms with van der Waals surface area (Å²) in [6.45, 7) is 6.98. The Bertz CT molecular complexity index is 594. The molecule has 1 amide bonds. The Labute approximate surface area is 147 Å². The van der Waals surface area contributed by atoms with Gasteiger partial charge in [0.1, 0.15) is 13.2 Å². The van der Waals surface area contributed by atoms with Crippen LogP contribution < -0.4 is 4.74 Å². The number of hydrogen-bond acceptors (Lipinski definition) is 6. The SMILES string of the molecule is CC(C)(C)O[N+](=O)c1cccnc1OCCOC(=O)N1CCCCC1. The number of ether oxygens (including phenoxy) is 2. The average Bonchev–Trinajstić information content (AvgIpc) is 2.58. The van der Waals surface area contributed by atoms with Crippen molar-refractivity contribution in [2.24, 2.45) is 0 Å². The largest absolute Gasteiger partial charge is 0.469 e. The molecule has 1 aromatic heterocycles. The van der Waals surface area contributed by atoms with Gasteiger partial charge in [0.2, 0.25) is 0 Å². The van der Waals surface area contributed by atoms with Gasteiger partial charge >= 0.3 is 11.8 Å². The predicted molar refractivity (Wildman–Crippen MR) is 90.6 cm³/mol. The van der Waals surface area contributed by atoms with Gasteiger partial charge in [0.15, 0.2) is 5.60 Å². The van der Waals surface area contributed by atoms with Gasteiger partial charge in [-0.05, 0) is 46.1 Å². The molecule has 0 aliphatic carbocycles. The minimum Gasteiger partial charge on any atom is -0.469 e. The molecule has 1 fully saturated rings. The summed E-state index contributed by atoms with van der Waals surface area (Å²) in [6.07, 6.45) is 4.36. The van der Waals surface area contributed by atoms with Gasteiger partial charge in [-0.3, -0.25) is 0 Å². The second kappa shape index (κ2) is 8.64. The van der Waals surface area contributed by atoms with Crippen LogP contribution in [0.15, 0.2) is 18.3 Å². The van der Waals surface area contributed by atoms with Gasteiger partial charge < -0.3 is 14.4 Å². The third-order valence-corrected chi connectivity index (χ3v) is 3.47. The number of rotatable bonds is 6. The fourth-order valence-electron chi connectivity index (χ4n) is 2.37. The first-order valence-corrected chi connectivity index (χ1v) is 8.53. The first kappa shape index (κ1) is 19.0. The minimum atomic E-state index is -0.640. The van der Waals surface area contributed by atoms with Crippen LogP contribution in [0.1, 0.15) is 40.0 Å². The molecule has 0 bridgehead atoms. The van der Waals surface area contributed by atoms with Crippen molar-refractivity contribution in [3.05, 3.63) is 23.2 Å². The van der Waals surface area contributed by atoms with E-state index in [4.69, 9.17) is 14.3 Å². The number of carbonyl (C=O) groups excluding carboxylic acids is 1. The highest BCUT2D eigenvalue weighted by atomic mass is 16.8. The zero-order valence-corrected chi connectivity index (χ0v) is 15.1. The summed E-state index contributed by atoms with van der Waals surface area (Å²) < 4.78 is 10.7. The summed E-state index contributed by atoms with van der Waals surface area (Å²) >= 11 is 0. The molecule has 1 aliphatic heterocycles. The van der Waals surface area contributed by atoms with E-state index in [0.717, 1.165) is 32.4 Å². The van der Waals surface area contributed by atoms with Crippen LogP contribution in [0.2, 0.25) is 0 Å². The number of carbonyl (C=O) groups is 1. The van der Waals surface area contributed by atoms with Crippen molar-refractivity contribution < 1.29 is 24.0 Å². The summed E-state index contributed by atoms with van der Waals surface area (Å²) in [6, 6.07) is 3.18. The first-order valence-electron chi connectivity index (χ1n) is 8.53. The van der Waals surface area contributed by atoms with Crippen molar-refractivity contribution in [3.63, 3.8) is 0 Å². The molecule has 25 heavy (non-hydrogen) atoms. The molecular weight excluding hydrogens is 326 g/mol. The molecule has 0 radical (unpaired) electrons. The maximum Gasteiger partial charge on any atom is 0.409 e. The van der Waals surface area contributed by atoms with E-state index in [-0.39, 0.29) is 30.9 Å². The second-order valence-corrected chi connectivity index (χ2v) is 6.80. The standard InChI is InChI=1S/C17H26N3O5/c1-17(2,3)25-20(22)14-8-7-9-18-15(14)23-12-13-24-16(21)19-10-5-4-6-11-19/h7-9H,4-6,10-13H2,1-3H3/q+1.